The lowest BCUT2D eigenvalue weighted by Gasteiger charge is -2.33. The first kappa shape index (κ1) is 19.0. The molecule has 0 amide bonds. The Hall–Kier alpha value is -2.78. The van der Waals surface area contributed by atoms with Crippen LogP contribution in [0.15, 0.2) is 21.7 Å². The Kier molecular flexibility index (Phi) is 4.75. The van der Waals surface area contributed by atoms with Crippen LogP contribution in [-0.2, 0) is 15.7 Å². The fourth-order valence-electron chi connectivity index (χ4n) is 3.60. The number of halogens is 3. The van der Waals surface area contributed by atoms with Crippen molar-refractivity contribution in [3.63, 3.8) is 0 Å². The van der Waals surface area contributed by atoms with Gasteiger partial charge in [-0.15, -0.1) is 0 Å². The summed E-state index contributed by atoms with van der Waals surface area (Å²) in [4.78, 5) is 38.2. The molecule has 0 aliphatic heterocycles. The maximum atomic E-state index is 13.1. The lowest BCUT2D eigenvalue weighted by molar-refractivity contribution is -0.150. The van der Waals surface area contributed by atoms with Gasteiger partial charge in [0.25, 0.3) is 0 Å². The molecule has 0 spiro atoms. The van der Waals surface area contributed by atoms with Gasteiger partial charge in [0.05, 0.1) is 22.6 Å². The number of aromatic amines is 1. The molecule has 1 aliphatic carbocycles. The van der Waals surface area contributed by atoms with Gasteiger partial charge in [0.1, 0.15) is 6.10 Å². The molecular formula is C17H18F3N3O4. The zero-order chi connectivity index (χ0) is 19.9. The van der Waals surface area contributed by atoms with Crippen molar-refractivity contribution in [2.75, 3.05) is 5.73 Å². The second-order valence-electron chi connectivity index (χ2n) is 6.58. The third-order valence-corrected chi connectivity index (χ3v) is 4.71. The number of esters is 1. The molecule has 1 saturated carbocycles. The monoisotopic (exact) mass is 385 g/mol. The summed E-state index contributed by atoms with van der Waals surface area (Å²) in [6.07, 6.45) is -2.94. The number of nitrogen functional groups attached to an aromatic ring is 1. The predicted molar refractivity (Wildman–Crippen MR) is 91.3 cm³/mol. The van der Waals surface area contributed by atoms with Gasteiger partial charge in [-0.3, -0.25) is 19.0 Å². The molecule has 3 rings (SSSR count). The van der Waals surface area contributed by atoms with Gasteiger partial charge in [0.15, 0.2) is 0 Å². The van der Waals surface area contributed by atoms with Crippen LogP contribution in [0.4, 0.5) is 18.9 Å². The van der Waals surface area contributed by atoms with E-state index in [1.165, 1.54) is 6.92 Å². The van der Waals surface area contributed by atoms with E-state index in [2.05, 4.69) is 4.98 Å². The van der Waals surface area contributed by atoms with E-state index in [0.717, 1.165) is 23.5 Å². The number of alkyl halides is 3. The van der Waals surface area contributed by atoms with Gasteiger partial charge in [-0.1, -0.05) is 6.42 Å². The van der Waals surface area contributed by atoms with Gasteiger partial charge in [-0.25, -0.2) is 0 Å². The van der Waals surface area contributed by atoms with Crippen LogP contribution >= 0.6 is 0 Å². The normalized spacial score (nSPS) is 20.6. The van der Waals surface area contributed by atoms with Gasteiger partial charge in [-0.2, -0.15) is 13.2 Å². The molecule has 1 heterocycles. The SMILES string of the molecule is CC(=O)OC1CCCCC1n1c(=O)c(=O)[nH]c2cc(C(F)(F)F)c(N)cc21. The Morgan fingerprint density at radius 1 is 1.26 bits per heavy atom. The minimum atomic E-state index is -4.71. The molecule has 146 valence electrons. The zero-order valence-electron chi connectivity index (χ0n) is 14.4. The van der Waals surface area contributed by atoms with E-state index >= 15 is 0 Å². The summed E-state index contributed by atoms with van der Waals surface area (Å²) in [6.45, 7) is 1.23. The lowest BCUT2D eigenvalue weighted by atomic mass is 9.91. The first-order valence-corrected chi connectivity index (χ1v) is 8.42. The number of benzene rings is 1. The number of fused-ring (bicyclic) bond motifs is 1. The molecule has 0 saturated heterocycles. The molecule has 1 aromatic heterocycles. The average Bonchev–Trinajstić information content (AvgIpc) is 2.56. The maximum absolute atomic E-state index is 13.1. The average molecular weight is 385 g/mol. The van der Waals surface area contributed by atoms with E-state index in [-0.39, 0.29) is 11.0 Å². The summed E-state index contributed by atoms with van der Waals surface area (Å²) >= 11 is 0. The van der Waals surface area contributed by atoms with Crippen LogP contribution in [0.5, 0.6) is 0 Å². The third-order valence-electron chi connectivity index (χ3n) is 4.71. The smallest absolute Gasteiger partial charge is 0.418 e. The minimum absolute atomic E-state index is 0.0640. The second-order valence-corrected chi connectivity index (χ2v) is 6.58. The number of anilines is 1. The largest absolute Gasteiger partial charge is 0.460 e. The predicted octanol–water partition coefficient (Wildman–Crippen LogP) is 2.34. The van der Waals surface area contributed by atoms with E-state index in [9.17, 15) is 27.6 Å². The summed E-state index contributed by atoms with van der Waals surface area (Å²) in [6, 6.07) is 1.08. The van der Waals surface area contributed by atoms with Crippen LogP contribution in [0.25, 0.3) is 11.0 Å². The number of rotatable bonds is 2. The van der Waals surface area contributed by atoms with E-state index in [1.807, 2.05) is 0 Å². The van der Waals surface area contributed by atoms with Crippen LogP contribution < -0.4 is 16.9 Å². The van der Waals surface area contributed by atoms with Crippen LogP contribution in [0, 0.1) is 0 Å². The Bertz CT molecular complexity index is 1010. The summed E-state index contributed by atoms with van der Waals surface area (Å²) in [5.41, 5.74) is 1.83. The second kappa shape index (κ2) is 6.75. The van der Waals surface area contributed by atoms with E-state index < -0.39 is 46.7 Å². The van der Waals surface area contributed by atoms with E-state index in [0.29, 0.717) is 18.9 Å². The first-order chi connectivity index (χ1) is 12.6. The number of hydrogen-bond acceptors (Lipinski definition) is 5. The van der Waals surface area contributed by atoms with Gasteiger partial charge in [0.2, 0.25) is 0 Å². The fraction of sp³-hybridized carbons (Fsp3) is 0.471. The van der Waals surface area contributed by atoms with Crippen LogP contribution in [-0.4, -0.2) is 21.6 Å². The van der Waals surface area contributed by atoms with Crippen molar-refractivity contribution in [3.05, 3.63) is 38.4 Å². The van der Waals surface area contributed by atoms with E-state index in [4.69, 9.17) is 10.5 Å². The number of aromatic nitrogens is 2. The number of H-pyrrole nitrogens is 1. The first-order valence-electron chi connectivity index (χ1n) is 8.42. The van der Waals surface area contributed by atoms with Crippen molar-refractivity contribution < 1.29 is 22.7 Å². The summed E-state index contributed by atoms with van der Waals surface area (Å²) in [5, 5.41) is 0. The molecule has 2 aromatic rings. The Morgan fingerprint density at radius 3 is 2.56 bits per heavy atom. The summed E-state index contributed by atoms with van der Waals surface area (Å²) < 4.78 is 45.8. The standard InChI is InChI=1S/C17H18F3N3O4/c1-8(24)27-14-5-3-2-4-12(14)23-13-7-10(21)9(17(18,19)20)6-11(13)22-15(25)16(23)26/h6-7,12,14H,2-5,21H2,1H3,(H,22,25). The molecule has 1 fully saturated rings. The summed E-state index contributed by atoms with van der Waals surface area (Å²) in [5.74, 6) is -0.534. The van der Waals surface area contributed by atoms with Gasteiger partial charge in [-0.05, 0) is 31.4 Å². The third kappa shape index (κ3) is 3.56. The molecule has 0 radical (unpaired) electrons. The molecule has 2 atom stereocenters. The molecule has 1 aromatic carbocycles. The number of hydrogen-bond donors (Lipinski definition) is 2. The van der Waals surface area contributed by atoms with Gasteiger partial charge in [0, 0.05) is 12.6 Å². The highest BCUT2D eigenvalue weighted by Gasteiger charge is 2.35. The van der Waals surface area contributed by atoms with Crippen molar-refractivity contribution in [2.24, 2.45) is 0 Å². The molecule has 10 heteroatoms. The number of carbonyl (C=O) groups excluding carboxylic acids is 1. The molecule has 27 heavy (non-hydrogen) atoms. The van der Waals surface area contributed by atoms with Crippen LogP contribution in [0.2, 0.25) is 0 Å². The summed E-state index contributed by atoms with van der Waals surface area (Å²) in [7, 11) is 0. The van der Waals surface area contributed by atoms with Crippen molar-refractivity contribution in [2.45, 2.75) is 50.9 Å². The minimum Gasteiger partial charge on any atom is -0.460 e. The Morgan fingerprint density at radius 2 is 1.93 bits per heavy atom. The van der Waals surface area contributed by atoms with Crippen LogP contribution in [0.1, 0.15) is 44.2 Å². The highest BCUT2D eigenvalue weighted by molar-refractivity contribution is 5.81. The van der Waals surface area contributed by atoms with Crippen molar-refractivity contribution in [1.29, 1.82) is 0 Å². The number of carbonyl (C=O) groups is 1. The lowest BCUT2D eigenvalue weighted by Crippen LogP contribution is -2.43. The van der Waals surface area contributed by atoms with Crippen LogP contribution in [0.3, 0.4) is 0 Å². The fourth-order valence-corrected chi connectivity index (χ4v) is 3.60. The number of nitrogens with one attached hydrogen (secondary N) is 1. The number of nitrogens with two attached hydrogens (primary N) is 1. The number of nitrogens with zero attached hydrogens (tertiary/aromatic N) is 1. The molecule has 2 unspecified atom stereocenters. The Labute approximate surface area is 150 Å². The topological polar surface area (TPSA) is 107 Å². The maximum Gasteiger partial charge on any atom is 0.418 e. The molecule has 0 bridgehead atoms. The molecule has 7 nitrogen and oxygen atoms in total. The highest BCUT2D eigenvalue weighted by Crippen LogP contribution is 2.37. The van der Waals surface area contributed by atoms with Crippen molar-refractivity contribution in [1.82, 2.24) is 9.55 Å². The molecular weight excluding hydrogens is 367 g/mol. The number of ether oxygens (including phenoxy) is 1. The molecule has 3 N–H and O–H groups in total. The Balaban J connectivity index is 2.26. The van der Waals surface area contributed by atoms with Gasteiger partial charge < -0.3 is 15.5 Å². The highest BCUT2D eigenvalue weighted by atomic mass is 19.4. The van der Waals surface area contributed by atoms with Gasteiger partial charge >= 0.3 is 23.3 Å². The van der Waals surface area contributed by atoms with Crippen molar-refractivity contribution >= 4 is 22.7 Å². The van der Waals surface area contributed by atoms with Crippen molar-refractivity contribution in [3.8, 4) is 0 Å². The van der Waals surface area contributed by atoms with E-state index in [1.54, 1.807) is 0 Å². The quantitative estimate of drug-likeness (QED) is 0.469. The zero-order valence-corrected chi connectivity index (χ0v) is 14.4. The molecule has 1 aliphatic rings.